The fourth-order valence-corrected chi connectivity index (χ4v) is 4.66. The van der Waals surface area contributed by atoms with Crippen molar-refractivity contribution in [3.63, 3.8) is 0 Å². The summed E-state index contributed by atoms with van der Waals surface area (Å²) in [6.45, 7) is 0.439. The van der Waals surface area contributed by atoms with Crippen LogP contribution in [0.5, 0.6) is 0 Å². The van der Waals surface area contributed by atoms with E-state index in [0.29, 0.717) is 6.54 Å². The third-order valence-corrected chi connectivity index (χ3v) is 6.29. The van der Waals surface area contributed by atoms with E-state index in [1.807, 2.05) is 95.6 Å². The van der Waals surface area contributed by atoms with Crippen LogP contribution in [0.4, 0.5) is 0 Å². The van der Waals surface area contributed by atoms with Crippen LogP contribution in [0.15, 0.2) is 97.1 Å². The highest BCUT2D eigenvalue weighted by Crippen LogP contribution is 2.30. The molecule has 2 aromatic heterocycles. The van der Waals surface area contributed by atoms with E-state index in [2.05, 4.69) is 23.7 Å². The van der Waals surface area contributed by atoms with Gasteiger partial charge in [0, 0.05) is 23.2 Å². The number of hydrogen-bond donors (Lipinski definition) is 1. The summed E-state index contributed by atoms with van der Waals surface area (Å²) in [5.41, 5.74) is 4.92. The molecule has 5 aromatic rings. The molecule has 0 aliphatic rings. The lowest BCUT2D eigenvalue weighted by atomic mass is 10.1. The molecule has 5 rings (SSSR count). The third kappa shape index (κ3) is 4.79. The second-order valence-electron chi connectivity index (χ2n) is 7.71. The molecule has 34 heavy (non-hydrogen) atoms. The van der Waals surface area contributed by atoms with Gasteiger partial charge in [-0.3, -0.25) is 0 Å². The maximum absolute atomic E-state index is 11.9. The summed E-state index contributed by atoms with van der Waals surface area (Å²) in [5, 5.41) is 9.78. The van der Waals surface area contributed by atoms with Gasteiger partial charge in [-0.05, 0) is 54.1 Å². The Labute approximate surface area is 201 Å². The van der Waals surface area contributed by atoms with Gasteiger partial charge in [0.25, 0.3) is 0 Å². The first-order chi connectivity index (χ1) is 16.7. The minimum atomic E-state index is -0.944. The Morgan fingerprint density at radius 1 is 0.735 bits per heavy atom. The van der Waals surface area contributed by atoms with Crippen molar-refractivity contribution >= 4 is 27.5 Å². The molecule has 162 valence electrons. The van der Waals surface area contributed by atoms with Crippen molar-refractivity contribution in [1.82, 2.24) is 4.57 Å². The molecule has 0 saturated heterocycles. The smallest absolute Gasteiger partial charge is 0.352 e. The predicted molar refractivity (Wildman–Crippen MR) is 137 cm³/mol. The van der Waals surface area contributed by atoms with E-state index in [4.69, 9.17) is 0 Å². The molecule has 0 saturated carbocycles. The normalized spacial score (nSPS) is 10.2. The van der Waals surface area contributed by atoms with E-state index in [1.54, 1.807) is 6.07 Å². The quantitative estimate of drug-likeness (QED) is 0.326. The molecule has 0 spiro atoms. The number of carbonyl (C=O) groups is 1. The van der Waals surface area contributed by atoms with Gasteiger partial charge in [0.15, 0.2) is 0 Å². The predicted octanol–water partition coefficient (Wildman–Crippen LogP) is 6.25. The highest BCUT2D eigenvalue weighted by molar-refractivity contribution is 7.19. The van der Waals surface area contributed by atoms with Crippen molar-refractivity contribution in [2.45, 2.75) is 6.54 Å². The highest BCUT2D eigenvalue weighted by Gasteiger charge is 2.17. The van der Waals surface area contributed by atoms with Crippen LogP contribution in [-0.4, -0.2) is 15.6 Å². The number of carboxylic acid groups (broad SMARTS) is 1. The maximum Gasteiger partial charge on any atom is 0.352 e. The third-order valence-electron chi connectivity index (χ3n) is 5.31. The summed E-state index contributed by atoms with van der Waals surface area (Å²) in [5.74, 6) is 11.8. The molecule has 3 nitrogen and oxygen atoms in total. The average molecular weight is 458 g/mol. The van der Waals surface area contributed by atoms with Crippen molar-refractivity contribution in [2.24, 2.45) is 0 Å². The maximum atomic E-state index is 11.9. The van der Waals surface area contributed by atoms with E-state index in [9.17, 15) is 9.90 Å². The largest absolute Gasteiger partial charge is 0.477 e. The Kier molecular flexibility index (Phi) is 5.99. The number of benzene rings is 3. The van der Waals surface area contributed by atoms with E-state index < -0.39 is 5.97 Å². The molecule has 2 heterocycles. The number of aromatic nitrogens is 1. The van der Waals surface area contributed by atoms with Gasteiger partial charge in [0.2, 0.25) is 0 Å². The molecule has 0 amide bonds. The van der Waals surface area contributed by atoms with Gasteiger partial charge in [-0.25, -0.2) is 4.79 Å². The van der Waals surface area contributed by atoms with E-state index in [-0.39, 0.29) is 5.69 Å². The first-order valence-corrected chi connectivity index (χ1v) is 11.6. The summed E-state index contributed by atoms with van der Waals surface area (Å²) in [6, 6.07) is 31.3. The average Bonchev–Trinajstić information content (AvgIpc) is 3.42. The van der Waals surface area contributed by atoms with Gasteiger partial charge in [-0.2, -0.15) is 0 Å². The van der Waals surface area contributed by atoms with Gasteiger partial charge in [0.1, 0.15) is 5.69 Å². The van der Waals surface area contributed by atoms with E-state index in [1.165, 1.54) is 11.3 Å². The number of fused-ring (bicyclic) bond motifs is 1. The SMILES string of the molecule is O=C(O)c1cc2sc(C#Cc3ccccc3)cc2n1Cc1cccc(C#Cc2ccccc2)c1. The van der Waals surface area contributed by atoms with Crippen LogP contribution < -0.4 is 0 Å². The van der Waals surface area contributed by atoms with Crippen LogP contribution in [0.2, 0.25) is 0 Å². The zero-order valence-electron chi connectivity index (χ0n) is 18.2. The summed E-state index contributed by atoms with van der Waals surface area (Å²) < 4.78 is 2.75. The molecular weight excluding hydrogens is 438 g/mol. The molecule has 0 bridgehead atoms. The van der Waals surface area contributed by atoms with Crippen molar-refractivity contribution in [2.75, 3.05) is 0 Å². The van der Waals surface area contributed by atoms with Crippen LogP contribution in [0, 0.1) is 23.7 Å². The standard InChI is InChI=1S/C30H19NO2S/c32-30(33)28-20-29-27(19-26(34-29)17-16-23-10-5-2-6-11-23)31(28)21-25-13-7-12-24(18-25)15-14-22-8-3-1-4-9-22/h1-13,18-20H,21H2,(H,32,33). The lowest BCUT2D eigenvalue weighted by Crippen LogP contribution is -2.09. The number of thiophene rings is 1. The Morgan fingerprint density at radius 2 is 1.35 bits per heavy atom. The molecule has 3 aromatic carbocycles. The van der Waals surface area contributed by atoms with Crippen LogP contribution in [0.25, 0.3) is 10.2 Å². The molecule has 1 N–H and O–H groups in total. The number of nitrogens with zero attached hydrogens (tertiary/aromatic N) is 1. The molecule has 0 atom stereocenters. The molecular formula is C30H19NO2S. The minimum absolute atomic E-state index is 0.268. The number of carboxylic acids is 1. The monoisotopic (exact) mass is 457 g/mol. The summed E-state index contributed by atoms with van der Waals surface area (Å²) in [6.07, 6.45) is 0. The van der Waals surface area contributed by atoms with Crippen LogP contribution >= 0.6 is 11.3 Å². The number of aromatic carboxylic acids is 1. The van der Waals surface area contributed by atoms with Crippen molar-refractivity contribution in [1.29, 1.82) is 0 Å². The van der Waals surface area contributed by atoms with Crippen LogP contribution in [0.1, 0.15) is 37.6 Å². The Morgan fingerprint density at radius 3 is 2.03 bits per heavy atom. The lowest BCUT2D eigenvalue weighted by Gasteiger charge is -2.08. The summed E-state index contributed by atoms with van der Waals surface area (Å²) in [7, 11) is 0. The second-order valence-corrected chi connectivity index (χ2v) is 8.80. The number of hydrogen-bond acceptors (Lipinski definition) is 2. The molecule has 4 heteroatoms. The molecule has 0 aliphatic heterocycles. The fraction of sp³-hybridized carbons (Fsp3) is 0.0333. The van der Waals surface area contributed by atoms with Gasteiger partial charge in [-0.15, -0.1) is 11.3 Å². The molecule has 0 fully saturated rings. The zero-order chi connectivity index (χ0) is 23.3. The first-order valence-electron chi connectivity index (χ1n) is 10.8. The summed E-state index contributed by atoms with van der Waals surface area (Å²) in [4.78, 5) is 12.8. The Balaban J connectivity index is 1.47. The van der Waals surface area contributed by atoms with Gasteiger partial charge < -0.3 is 9.67 Å². The molecule has 0 unspecified atom stereocenters. The first kappa shape index (κ1) is 21.3. The highest BCUT2D eigenvalue weighted by atomic mass is 32.1. The van der Waals surface area contributed by atoms with Gasteiger partial charge >= 0.3 is 5.97 Å². The topological polar surface area (TPSA) is 42.2 Å². The van der Waals surface area contributed by atoms with E-state index >= 15 is 0 Å². The van der Waals surface area contributed by atoms with E-state index in [0.717, 1.165) is 37.3 Å². The van der Waals surface area contributed by atoms with Crippen LogP contribution in [0.3, 0.4) is 0 Å². The summed E-state index contributed by atoms with van der Waals surface area (Å²) >= 11 is 1.51. The minimum Gasteiger partial charge on any atom is -0.477 e. The lowest BCUT2D eigenvalue weighted by molar-refractivity contribution is 0.0686. The molecule has 0 radical (unpaired) electrons. The fourth-order valence-electron chi connectivity index (χ4n) is 3.70. The van der Waals surface area contributed by atoms with Gasteiger partial charge in [0.05, 0.1) is 15.1 Å². The van der Waals surface area contributed by atoms with Crippen molar-refractivity contribution in [3.8, 4) is 23.7 Å². The van der Waals surface area contributed by atoms with Gasteiger partial charge in [-0.1, -0.05) is 72.2 Å². The zero-order valence-corrected chi connectivity index (χ0v) is 19.0. The number of rotatable bonds is 3. The Hall–Kier alpha value is -4.51. The van der Waals surface area contributed by atoms with Crippen molar-refractivity contribution < 1.29 is 9.90 Å². The van der Waals surface area contributed by atoms with Crippen LogP contribution in [-0.2, 0) is 6.54 Å². The second kappa shape index (κ2) is 9.55. The Bertz CT molecular complexity index is 1600. The van der Waals surface area contributed by atoms with Crippen molar-refractivity contribution in [3.05, 3.63) is 130 Å². The molecule has 0 aliphatic carbocycles.